The molecule has 5 nitrogen and oxygen atoms in total. The minimum Gasteiger partial charge on any atom is -0.383 e. The van der Waals surface area contributed by atoms with E-state index in [1.165, 1.54) is 10.8 Å². The Morgan fingerprint density at radius 3 is 2.59 bits per heavy atom. The number of aromatic nitrogens is 2. The van der Waals surface area contributed by atoms with Crippen molar-refractivity contribution in [2.75, 3.05) is 23.7 Å². The lowest BCUT2D eigenvalue weighted by Gasteiger charge is -2.09. The summed E-state index contributed by atoms with van der Waals surface area (Å²) in [5.41, 5.74) is 1.13. The third-order valence-corrected chi connectivity index (χ3v) is 3.46. The number of fused-ring (bicyclic) bond motifs is 1. The number of nitrogens with one attached hydrogen (secondary N) is 2. The van der Waals surface area contributed by atoms with Gasteiger partial charge in [0.05, 0.1) is 0 Å². The van der Waals surface area contributed by atoms with E-state index in [2.05, 4.69) is 63.2 Å². The quantitative estimate of drug-likeness (QED) is 0.676. The van der Waals surface area contributed by atoms with Gasteiger partial charge < -0.3 is 15.2 Å². The Bertz CT molecular complexity index is 746. The summed E-state index contributed by atoms with van der Waals surface area (Å²) in [6, 6.07) is 15.1. The molecule has 0 unspecified atom stereocenters. The van der Waals surface area contributed by atoms with E-state index in [0.29, 0.717) is 12.6 Å². The SMILES string of the molecule is CC(C)c1noc(NCCNc2cccc3ccccc23)n1. The lowest BCUT2D eigenvalue weighted by molar-refractivity contribution is 0.419. The summed E-state index contributed by atoms with van der Waals surface area (Å²) in [5.74, 6) is 0.998. The van der Waals surface area contributed by atoms with Crippen LogP contribution in [0.15, 0.2) is 47.0 Å². The van der Waals surface area contributed by atoms with Crippen LogP contribution in [0.5, 0.6) is 0 Å². The summed E-state index contributed by atoms with van der Waals surface area (Å²) in [7, 11) is 0. The number of rotatable bonds is 6. The largest absolute Gasteiger partial charge is 0.383 e. The predicted octanol–water partition coefficient (Wildman–Crippen LogP) is 3.87. The highest BCUT2D eigenvalue weighted by Crippen LogP contribution is 2.22. The number of nitrogens with zero attached hydrogens (tertiary/aromatic N) is 2. The maximum Gasteiger partial charge on any atom is 0.321 e. The number of benzene rings is 2. The molecule has 0 spiro atoms. The Labute approximate surface area is 129 Å². The molecule has 0 aliphatic carbocycles. The molecule has 0 saturated carbocycles. The number of hydrogen-bond donors (Lipinski definition) is 2. The molecule has 0 saturated heterocycles. The van der Waals surface area contributed by atoms with Crippen LogP contribution in [-0.4, -0.2) is 23.2 Å². The van der Waals surface area contributed by atoms with Gasteiger partial charge in [0.25, 0.3) is 0 Å². The van der Waals surface area contributed by atoms with E-state index in [4.69, 9.17) is 4.52 Å². The summed E-state index contributed by atoms with van der Waals surface area (Å²) >= 11 is 0. The first-order valence-electron chi connectivity index (χ1n) is 7.53. The van der Waals surface area contributed by atoms with Gasteiger partial charge in [-0.1, -0.05) is 55.4 Å². The van der Waals surface area contributed by atoms with Gasteiger partial charge in [-0.05, 0) is 11.5 Å². The van der Waals surface area contributed by atoms with E-state index in [9.17, 15) is 0 Å². The molecular weight excluding hydrogens is 276 g/mol. The Hall–Kier alpha value is -2.56. The second-order valence-corrected chi connectivity index (χ2v) is 5.49. The fourth-order valence-electron chi connectivity index (χ4n) is 2.29. The molecule has 1 heterocycles. The van der Waals surface area contributed by atoms with Crippen molar-refractivity contribution in [1.82, 2.24) is 10.1 Å². The van der Waals surface area contributed by atoms with Crippen molar-refractivity contribution in [2.24, 2.45) is 0 Å². The predicted molar refractivity (Wildman–Crippen MR) is 89.3 cm³/mol. The van der Waals surface area contributed by atoms with E-state index in [1.54, 1.807) is 0 Å². The highest BCUT2D eigenvalue weighted by molar-refractivity contribution is 5.93. The normalized spacial score (nSPS) is 11.0. The van der Waals surface area contributed by atoms with Crippen molar-refractivity contribution in [1.29, 1.82) is 0 Å². The Kier molecular flexibility index (Phi) is 4.23. The summed E-state index contributed by atoms with van der Waals surface area (Å²) < 4.78 is 5.15. The van der Waals surface area contributed by atoms with Crippen LogP contribution in [0, 0.1) is 0 Å². The Morgan fingerprint density at radius 2 is 1.77 bits per heavy atom. The van der Waals surface area contributed by atoms with E-state index < -0.39 is 0 Å². The summed E-state index contributed by atoms with van der Waals surface area (Å²) in [6.45, 7) is 5.56. The minimum absolute atomic E-state index is 0.271. The molecule has 0 atom stereocenters. The molecule has 0 bridgehead atoms. The van der Waals surface area contributed by atoms with Crippen LogP contribution < -0.4 is 10.6 Å². The highest BCUT2D eigenvalue weighted by atomic mass is 16.5. The number of hydrogen-bond acceptors (Lipinski definition) is 5. The average Bonchev–Trinajstić information content (AvgIpc) is 3.01. The third-order valence-electron chi connectivity index (χ3n) is 3.46. The summed E-state index contributed by atoms with van der Waals surface area (Å²) in [6.07, 6.45) is 0. The van der Waals surface area contributed by atoms with Crippen LogP contribution in [0.3, 0.4) is 0 Å². The van der Waals surface area contributed by atoms with Gasteiger partial charge in [-0.15, -0.1) is 0 Å². The molecule has 0 amide bonds. The first-order chi connectivity index (χ1) is 10.7. The van der Waals surface area contributed by atoms with Crippen molar-refractivity contribution < 1.29 is 4.52 Å². The molecule has 0 radical (unpaired) electrons. The lowest BCUT2D eigenvalue weighted by atomic mass is 10.1. The van der Waals surface area contributed by atoms with Gasteiger partial charge in [0.2, 0.25) is 0 Å². The second kappa shape index (κ2) is 6.47. The molecule has 2 N–H and O–H groups in total. The molecule has 0 aliphatic heterocycles. The van der Waals surface area contributed by atoms with Crippen molar-refractivity contribution in [3.8, 4) is 0 Å². The molecular formula is C17H20N4O. The van der Waals surface area contributed by atoms with Crippen LogP contribution in [0.1, 0.15) is 25.6 Å². The van der Waals surface area contributed by atoms with Crippen LogP contribution in [-0.2, 0) is 0 Å². The van der Waals surface area contributed by atoms with Gasteiger partial charge in [-0.25, -0.2) is 0 Å². The van der Waals surface area contributed by atoms with Crippen molar-refractivity contribution in [3.05, 3.63) is 48.3 Å². The zero-order valence-corrected chi connectivity index (χ0v) is 12.8. The first-order valence-corrected chi connectivity index (χ1v) is 7.53. The maximum atomic E-state index is 5.15. The zero-order valence-electron chi connectivity index (χ0n) is 12.8. The molecule has 1 aromatic heterocycles. The van der Waals surface area contributed by atoms with Gasteiger partial charge in [-0.2, -0.15) is 4.98 Å². The van der Waals surface area contributed by atoms with Crippen molar-refractivity contribution in [3.63, 3.8) is 0 Å². The Morgan fingerprint density at radius 1 is 1.00 bits per heavy atom. The summed E-state index contributed by atoms with van der Waals surface area (Å²) in [4.78, 5) is 4.29. The minimum atomic E-state index is 0.271. The zero-order chi connectivity index (χ0) is 15.4. The molecule has 5 heteroatoms. The molecule has 0 fully saturated rings. The third kappa shape index (κ3) is 3.19. The van der Waals surface area contributed by atoms with Crippen molar-refractivity contribution in [2.45, 2.75) is 19.8 Å². The van der Waals surface area contributed by atoms with Gasteiger partial charge in [0, 0.05) is 30.1 Å². The first kappa shape index (κ1) is 14.4. The molecule has 114 valence electrons. The van der Waals surface area contributed by atoms with Crippen LogP contribution in [0.2, 0.25) is 0 Å². The monoisotopic (exact) mass is 296 g/mol. The Balaban J connectivity index is 1.56. The van der Waals surface area contributed by atoms with E-state index >= 15 is 0 Å². The molecule has 3 aromatic rings. The number of anilines is 2. The fourth-order valence-corrected chi connectivity index (χ4v) is 2.29. The van der Waals surface area contributed by atoms with Gasteiger partial charge in [0.1, 0.15) is 0 Å². The standard InChI is InChI=1S/C17H20N4O/c1-12(2)16-20-17(22-21-16)19-11-10-18-15-9-5-7-13-6-3-4-8-14(13)15/h3-9,12,18H,10-11H2,1-2H3,(H,19,20,21). The molecule has 22 heavy (non-hydrogen) atoms. The van der Waals surface area contributed by atoms with E-state index in [1.807, 2.05) is 13.8 Å². The molecule has 0 aliphatic rings. The smallest absolute Gasteiger partial charge is 0.321 e. The summed E-state index contributed by atoms with van der Waals surface area (Å²) in [5, 5.41) is 13.0. The van der Waals surface area contributed by atoms with Gasteiger partial charge in [0.15, 0.2) is 5.82 Å². The van der Waals surface area contributed by atoms with Crippen LogP contribution in [0.4, 0.5) is 11.7 Å². The van der Waals surface area contributed by atoms with Gasteiger partial charge in [-0.3, -0.25) is 0 Å². The topological polar surface area (TPSA) is 63.0 Å². The van der Waals surface area contributed by atoms with E-state index in [-0.39, 0.29) is 5.92 Å². The molecule has 2 aromatic carbocycles. The van der Waals surface area contributed by atoms with Crippen molar-refractivity contribution >= 4 is 22.5 Å². The van der Waals surface area contributed by atoms with Crippen LogP contribution in [0.25, 0.3) is 10.8 Å². The van der Waals surface area contributed by atoms with Gasteiger partial charge >= 0.3 is 6.01 Å². The average molecular weight is 296 g/mol. The molecule has 3 rings (SSSR count). The fraction of sp³-hybridized carbons (Fsp3) is 0.294. The second-order valence-electron chi connectivity index (χ2n) is 5.49. The maximum absolute atomic E-state index is 5.15. The lowest BCUT2D eigenvalue weighted by Crippen LogP contribution is -2.14. The van der Waals surface area contributed by atoms with Crippen LogP contribution >= 0.6 is 0 Å². The van der Waals surface area contributed by atoms with E-state index in [0.717, 1.165) is 18.1 Å². The highest BCUT2D eigenvalue weighted by Gasteiger charge is 2.08.